The molecule has 2 saturated heterocycles. The van der Waals surface area contributed by atoms with E-state index < -0.39 is 0 Å². The smallest absolute Gasteiger partial charge is 0.0249 e. The number of likely N-dealkylation sites (tertiary alicyclic amines) is 1. The van der Waals surface area contributed by atoms with Gasteiger partial charge in [-0.15, -0.1) is 0 Å². The lowest BCUT2D eigenvalue weighted by Gasteiger charge is -2.37. The van der Waals surface area contributed by atoms with Gasteiger partial charge in [0, 0.05) is 37.3 Å². The summed E-state index contributed by atoms with van der Waals surface area (Å²) in [5.41, 5.74) is 0. The lowest BCUT2D eigenvalue weighted by molar-refractivity contribution is 0.135. The number of fused-ring (bicyclic) bond motifs is 2. The molecule has 2 heterocycles. The van der Waals surface area contributed by atoms with Crippen LogP contribution < -0.4 is 5.32 Å². The molecule has 110 valence electrons. The molecule has 1 saturated carbocycles. The van der Waals surface area contributed by atoms with Crippen LogP contribution in [0.1, 0.15) is 51.4 Å². The van der Waals surface area contributed by atoms with Gasteiger partial charge >= 0.3 is 0 Å². The van der Waals surface area contributed by atoms with Crippen LogP contribution in [-0.2, 0) is 0 Å². The maximum atomic E-state index is 3.61. The van der Waals surface area contributed by atoms with Crippen molar-refractivity contribution in [3.8, 4) is 0 Å². The molecule has 3 rings (SSSR count). The average molecular weight is 265 g/mol. The van der Waals surface area contributed by atoms with E-state index in [1.165, 1.54) is 64.5 Å². The van der Waals surface area contributed by atoms with Crippen molar-refractivity contribution in [3.63, 3.8) is 0 Å². The zero-order valence-electron chi connectivity index (χ0n) is 12.8. The molecule has 0 radical (unpaired) electrons. The minimum atomic E-state index is 0.726. The van der Waals surface area contributed by atoms with E-state index >= 15 is 0 Å². The molecule has 4 atom stereocenters. The van der Waals surface area contributed by atoms with Crippen molar-refractivity contribution in [1.29, 1.82) is 0 Å². The highest BCUT2D eigenvalue weighted by molar-refractivity contribution is 4.95. The van der Waals surface area contributed by atoms with Gasteiger partial charge in [0.05, 0.1) is 0 Å². The van der Waals surface area contributed by atoms with Crippen molar-refractivity contribution in [2.24, 2.45) is 0 Å². The Hall–Kier alpha value is -0.120. The van der Waals surface area contributed by atoms with Crippen molar-refractivity contribution in [2.45, 2.75) is 75.5 Å². The van der Waals surface area contributed by atoms with Crippen molar-refractivity contribution < 1.29 is 0 Å². The van der Waals surface area contributed by atoms with Gasteiger partial charge in [0.1, 0.15) is 0 Å². The summed E-state index contributed by atoms with van der Waals surface area (Å²) in [7, 11) is 4.52. The summed E-state index contributed by atoms with van der Waals surface area (Å²) < 4.78 is 0. The zero-order chi connectivity index (χ0) is 13.2. The molecule has 0 aromatic rings. The highest BCUT2D eigenvalue weighted by Crippen LogP contribution is 2.31. The first-order chi connectivity index (χ1) is 9.29. The zero-order valence-corrected chi connectivity index (χ0v) is 12.8. The SMILES string of the molecule is CNC1CCCCCC1N1CCC2CCC(C1)N2C. The van der Waals surface area contributed by atoms with Gasteiger partial charge in [0.2, 0.25) is 0 Å². The van der Waals surface area contributed by atoms with E-state index in [0.717, 1.165) is 24.2 Å². The largest absolute Gasteiger partial charge is 0.315 e. The summed E-state index contributed by atoms with van der Waals surface area (Å²) in [6.45, 7) is 2.64. The summed E-state index contributed by atoms with van der Waals surface area (Å²) in [5.74, 6) is 0. The molecule has 3 heteroatoms. The Morgan fingerprint density at radius 2 is 1.68 bits per heavy atom. The second-order valence-corrected chi connectivity index (χ2v) is 6.93. The van der Waals surface area contributed by atoms with Crippen LogP contribution in [0.4, 0.5) is 0 Å². The van der Waals surface area contributed by atoms with Crippen LogP contribution in [0, 0.1) is 0 Å². The van der Waals surface area contributed by atoms with Crippen LogP contribution in [0.15, 0.2) is 0 Å². The van der Waals surface area contributed by atoms with Gasteiger partial charge < -0.3 is 5.32 Å². The molecule has 3 nitrogen and oxygen atoms in total. The molecular weight excluding hydrogens is 234 g/mol. The summed E-state index contributed by atoms with van der Waals surface area (Å²) in [6.07, 6.45) is 11.3. The number of hydrogen-bond donors (Lipinski definition) is 1. The van der Waals surface area contributed by atoms with E-state index in [9.17, 15) is 0 Å². The van der Waals surface area contributed by atoms with E-state index in [4.69, 9.17) is 0 Å². The molecular formula is C16H31N3. The molecule has 0 amide bonds. The monoisotopic (exact) mass is 265 g/mol. The standard InChI is InChI=1S/C16H31N3/c1-17-15-6-4-3-5-7-16(15)19-11-10-13-8-9-14(12-19)18(13)2/h13-17H,3-12H2,1-2H3. The summed E-state index contributed by atoms with van der Waals surface area (Å²) in [6, 6.07) is 3.21. The maximum Gasteiger partial charge on any atom is 0.0249 e. The third-order valence-electron chi connectivity index (χ3n) is 6.00. The van der Waals surface area contributed by atoms with Gasteiger partial charge in [-0.25, -0.2) is 0 Å². The Labute approximate surface area is 118 Å². The Morgan fingerprint density at radius 1 is 0.895 bits per heavy atom. The third kappa shape index (κ3) is 2.84. The first-order valence-corrected chi connectivity index (χ1v) is 8.43. The molecule has 19 heavy (non-hydrogen) atoms. The first-order valence-electron chi connectivity index (χ1n) is 8.43. The highest BCUT2D eigenvalue weighted by Gasteiger charge is 2.38. The number of nitrogens with zero attached hydrogens (tertiary/aromatic N) is 2. The van der Waals surface area contributed by atoms with Gasteiger partial charge in [-0.3, -0.25) is 9.80 Å². The second kappa shape index (κ2) is 6.11. The molecule has 0 aromatic carbocycles. The number of likely N-dealkylation sites (N-methyl/N-ethyl adjacent to an activating group) is 2. The highest BCUT2D eigenvalue weighted by atomic mass is 15.3. The minimum absolute atomic E-state index is 0.726. The third-order valence-corrected chi connectivity index (χ3v) is 6.00. The summed E-state index contributed by atoms with van der Waals surface area (Å²) in [5, 5.41) is 3.61. The topological polar surface area (TPSA) is 18.5 Å². The van der Waals surface area contributed by atoms with Crippen molar-refractivity contribution in [2.75, 3.05) is 27.2 Å². The molecule has 0 aromatic heterocycles. The fourth-order valence-electron chi connectivity index (χ4n) is 4.70. The fourth-order valence-corrected chi connectivity index (χ4v) is 4.70. The van der Waals surface area contributed by atoms with E-state index in [1.54, 1.807) is 0 Å². The number of rotatable bonds is 2. The van der Waals surface area contributed by atoms with Crippen LogP contribution in [0.3, 0.4) is 0 Å². The van der Waals surface area contributed by atoms with Crippen LogP contribution in [0.2, 0.25) is 0 Å². The Balaban J connectivity index is 1.69. The van der Waals surface area contributed by atoms with Crippen LogP contribution >= 0.6 is 0 Å². The predicted molar refractivity (Wildman–Crippen MR) is 80.5 cm³/mol. The molecule has 3 fully saturated rings. The lowest BCUT2D eigenvalue weighted by Crippen LogP contribution is -2.51. The normalized spacial score (nSPS) is 42.0. The van der Waals surface area contributed by atoms with Crippen LogP contribution in [0.5, 0.6) is 0 Å². The Kier molecular flexibility index (Phi) is 4.45. The number of hydrogen-bond acceptors (Lipinski definition) is 3. The Morgan fingerprint density at radius 3 is 2.53 bits per heavy atom. The molecule has 1 N–H and O–H groups in total. The van der Waals surface area contributed by atoms with E-state index in [1.807, 2.05) is 0 Å². The Bertz CT molecular complexity index is 294. The van der Waals surface area contributed by atoms with E-state index in [2.05, 4.69) is 29.2 Å². The maximum absolute atomic E-state index is 3.61. The lowest BCUT2D eigenvalue weighted by atomic mass is 9.99. The summed E-state index contributed by atoms with van der Waals surface area (Å²) >= 11 is 0. The van der Waals surface area contributed by atoms with Crippen molar-refractivity contribution in [3.05, 3.63) is 0 Å². The van der Waals surface area contributed by atoms with Crippen molar-refractivity contribution in [1.82, 2.24) is 15.1 Å². The van der Waals surface area contributed by atoms with Crippen LogP contribution in [-0.4, -0.2) is 61.2 Å². The van der Waals surface area contributed by atoms with Gasteiger partial charge in [0.25, 0.3) is 0 Å². The predicted octanol–water partition coefficient (Wildman–Crippen LogP) is 2.08. The molecule has 2 aliphatic heterocycles. The molecule has 3 aliphatic rings. The van der Waals surface area contributed by atoms with Gasteiger partial charge in [0.15, 0.2) is 0 Å². The average Bonchev–Trinajstić information content (AvgIpc) is 2.58. The molecule has 2 bridgehead atoms. The molecule has 1 aliphatic carbocycles. The molecule has 4 unspecified atom stereocenters. The quantitative estimate of drug-likeness (QED) is 0.771. The van der Waals surface area contributed by atoms with Crippen molar-refractivity contribution >= 4 is 0 Å². The van der Waals surface area contributed by atoms with E-state index in [-0.39, 0.29) is 0 Å². The minimum Gasteiger partial charge on any atom is -0.315 e. The van der Waals surface area contributed by atoms with Crippen LogP contribution in [0.25, 0.3) is 0 Å². The second-order valence-electron chi connectivity index (χ2n) is 6.93. The van der Waals surface area contributed by atoms with E-state index in [0.29, 0.717) is 0 Å². The van der Waals surface area contributed by atoms with Gasteiger partial charge in [-0.05, 0) is 46.2 Å². The summed E-state index contributed by atoms with van der Waals surface area (Å²) in [4.78, 5) is 5.51. The van der Waals surface area contributed by atoms with Gasteiger partial charge in [-0.1, -0.05) is 19.3 Å². The first kappa shape index (κ1) is 13.8. The molecule has 0 spiro atoms. The fraction of sp³-hybridized carbons (Fsp3) is 1.00. The van der Waals surface area contributed by atoms with Gasteiger partial charge in [-0.2, -0.15) is 0 Å². The number of nitrogens with one attached hydrogen (secondary N) is 1.